The van der Waals surface area contributed by atoms with Crippen LogP contribution >= 0.6 is 0 Å². The van der Waals surface area contributed by atoms with Gasteiger partial charge in [-0.25, -0.2) is 0 Å². The van der Waals surface area contributed by atoms with E-state index in [1.54, 1.807) is 17.8 Å². The highest BCUT2D eigenvalue weighted by Gasteiger charge is 2.34. The maximum atomic E-state index is 12.7. The number of nitrogens with zero attached hydrogens (tertiary/aromatic N) is 4. The molecule has 0 aliphatic carbocycles. The highest BCUT2D eigenvalue weighted by atomic mass is 19.4. The molecule has 0 radical (unpaired) electrons. The third-order valence-corrected chi connectivity index (χ3v) is 3.41. The Bertz CT molecular complexity index is 612. The Morgan fingerprint density at radius 3 is 2.52 bits per heavy atom. The van der Waals surface area contributed by atoms with Gasteiger partial charge in [-0.15, -0.1) is 0 Å². The molecule has 0 bridgehead atoms. The molecule has 5 nitrogen and oxygen atoms in total. The molecule has 0 spiro atoms. The quantitative estimate of drug-likeness (QED) is 0.921. The molecule has 21 heavy (non-hydrogen) atoms. The van der Waals surface area contributed by atoms with Crippen LogP contribution in [0.5, 0.6) is 0 Å². The van der Waals surface area contributed by atoms with Crippen molar-refractivity contribution in [3.63, 3.8) is 0 Å². The molecule has 2 aromatic heterocycles. The minimum absolute atomic E-state index is 0.325. The number of hydrogen-bond acceptors (Lipinski definition) is 3. The number of rotatable bonds is 5. The Hall–Kier alpha value is -1.83. The van der Waals surface area contributed by atoms with Crippen LogP contribution in [0.3, 0.4) is 0 Å². The van der Waals surface area contributed by atoms with Crippen LogP contribution in [0.4, 0.5) is 13.2 Å². The minimum Gasteiger partial charge on any atom is -0.307 e. The van der Waals surface area contributed by atoms with Gasteiger partial charge in [0.1, 0.15) is 0 Å². The molecule has 0 aliphatic rings. The van der Waals surface area contributed by atoms with Gasteiger partial charge in [0.15, 0.2) is 5.69 Å². The summed E-state index contributed by atoms with van der Waals surface area (Å²) in [4.78, 5) is 0. The summed E-state index contributed by atoms with van der Waals surface area (Å²) in [6, 6.07) is 1.09. The van der Waals surface area contributed by atoms with Crippen molar-refractivity contribution >= 4 is 0 Å². The molecule has 2 rings (SSSR count). The van der Waals surface area contributed by atoms with Gasteiger partial charge in [0.05, 0.1) is 11.9 Å². The van der Waals surface area contributed by atoms with E-state index in [2.05, 4.69) is 15.5 Å². The Morgan fingerprint density at radius 2 is 2.00 bits per heavy atom. The first kappa shape index (κ1) is 15.6. The van der Waals surface area contributed by atoms with Crippen LogP contribution in [-0.4, -0.2) is 19.6 Å². The van der Waals surface area contributed by atoms with Crippen LogP contribution in [0.2, 0.25) is 0 Å². The molecule has 0 aliphatic heterocycles. The first-order valence-electron chi connectivity index (χ1n) is 6.65. The summed E-state index contributed by atoms with van der Waals surface area (Å²) in [5.74, 6) is 0. The van der Waals surface area contributed by atoms with Crippen LogP contribution in [0.15, 0.2) is 12.3 Å². The number of aromatic nitrogens is 4. The van der Waals surface area contributed by atoms with Crippen molar-refractivity contribution in [2.24, 2.45) is 7.05 Å². The highest BCUT2D eigenvalue weighted by Crippen LogP contribution is 2.28. The maximum Gasteiger partial charge on any atom is 0.435 e. The van der Waals surface area contributed by atoms with Crippen molar-refractivity contribution in [2.75, 3.05) is 0 Å². The van der Waals surface area contributed by atoms with Gasteiger partial charge in [-0.05, 0) is 19.9 Å². The topological polar surface area (TPSA) is 47.7 Å². The minimum atomic E-state index is -4.41. The van der Waals surface area contributed by atoms with Crippen molar-refractivity contribution in [2.45, 2.75) is 39.7 Å². The zero-order chi connectivity index (χ0) is 15.6. The monoisotopic (exact) mass is 301 g/mol. The van der Waals surface area contributed by atoms with E-state index >= 15 is 0 Å². The Morgan fingerprint density at radius 1 is 1.29 bits per heavy atom. The number of aryl methyl sites for hydroxylation is 2. The van der Waals surface area contributed by atoms with Crippen LogP contribution in [-0.2, 0) is 32.9 Å². The smallest absolute Gasteiger partial charge is 0.307 e. The summed E-state index contributed by atoms with van der Waals surface area (Å²) in [5.41, 5.74) is 1.73. The van der Waals surface area contributed by atoms with E-state index in [1.807, 2.05) is 14.0 Å². The van der Waals surface area contributed by atoms with Gasteiger partial charge in [-0.1, -0.05) is 0 Å². The van der Waals surface area contributed by atoms with Crippen molar-refractivity contribution in [3.8, 4) is 0 Å². The zero-order valence-electron chi connectivity index (χ0n) is 12.2. The molecule has 0 atom stereocenters. The van der Waals surface area contributed by atoms with E-state index in [1.165, 1.54) is 4.68 Å². The molecule has 0 aromatic carbocycles. The summed E-state index contributed by atoms with van der Waals surface area (Å²) in [5, 5.41) is 10.8. The second kappa shape index (κ2) is 5.88. The fraction of sp³-hybridized carbons (Fsp3) is 0.538. The highest BCUT2D eigenvalue weighted by molar-refractivity contribution is 5.16. The van der Waals surface area contributed by atoms with Crippen molar-refractivity contribution in [3.05, 3.63) is 34.9 Å². The van der Waals surface area contributed by atoms with E-state index in [9.17, 15) is 13.2 Å². The molecule has 0 saturated carbocycles. The van der Waals surface area contributed by atoms with E-state index in [4.69, 9.17) is 0 Å². The van der Waals surface area contributed by atoms with E-state index in [0.717, 1.165) is 17.3 Å². The largest absolute Gasteiger partial charge is 0.435 e. The number of halogens is 3. The van der Waals surface area contributed by atoms with Gasteiger partial charge in [0, 0.05) is 37.9 Å². The van der Waals surface area contributed by atoms with Gasteiger partial charge < -0.3 is 5.32 Å². The molecule has 2 aromatic rings. The van der Waals surface area contributed by atoms with E-state index < -0.39 is 11.9 Å². The lowest BCUT2D eigenvalue weighted by atomic mass is 10.2. The fourth-order valence-corrected chi connectivity index (χ4v) is 2.05. The normalized spacial score (nSPS) is 12.1. The van der Waals surface area contributed by atoms with Gasteiger partial charge in [0.2, 0.25) is 0 Å². The molecule has 0 unspecified atom stereocenters. The van der Waals surface area contributed by atoms with Crippen LogP contribution < -0.4 is 5.32 Å². The second-order valence-corrected chi connectivity index (χ2v) is 4.82. The predicted octanol–water partition coefficient (Wildman–Crippen LogP) is 2.25. The van der Waals surface area contributed by atoms with Crippen molar-refractivity contribution < 1.29 is 13.2 Å². The SMILES string of the molecule is CCn1nc(C(F)(F)F)cc1CNCc1cnn(C)c1C. The first-order valence-corrected chi connectivity index (χ1v) is 6.65. The molecule has 0 amide bonds. The third-order valence-electron chi connectivity index (χ3n) is 3.41. The van der Waals surface area contributed by atoms with Gasteiger partial charge in [0.25, 0.3) is 0 Å². The summed E-state index contributed by atoms with van der Waals surface area (Å²) >= 11 is 0. The van der Waals surface area contributed by atoms with Crippen LogP contribution in [0.25, 0.3) is 0 Å². The predicted molar refractivity (Wildman–Crippen MR) is 71.4 cm³/mol. The number of nitrogens with one attached hydrogen (secondary N) is 1. The summed E-state index contributed by atoms with van der Waals surface area (Å²) < 4.78 is 41.1. The third kappa shape index (κ3) is 3.44. The van der Waals surface area contributed by atoms with Gasteiger partial charge in [-0.2, -0.15) is 23.4 Å². The maximum absolute atomic E-state index is 12.7. The summed E-state index contributed by atoms with van der Waals surface area (Å²) in [6.45, 7) is 4.99. The zero-order valence-corrected chi connectivity index (χ0v) is 12.2. The summed E-state index contributed by atoms with van der Waals surface area (Å²) in [6.07, 6.45) is -2.66. The Kier molecular flexibility index (Phi) is 4.36. The molecule has 1 N–H and O–H groups in total. The van der Waals surface area contributed by atoms with Crippen molar-refractivity contribution in [1.29, 1.82) is 0 Å². The second-order valence-electron chi connectivity index (χ2n) is 4.82. The lowest BCUT2D eigenvalue weighted by Crippen LogP contribution is -2.16. The van der Waals surface area contributed by atoms with Crippen molar-refractivity contribution in [1.82, 2.24) is 24.9 Å². The van der Waals surface area contributed by atoms with E-state index in [0.29, 0.717) is 25.3 Å². The first-order chi connectivity index (χ1) is 9.82. The molecule has 116 valence electrons. The molecule has 0 saturated heterocycles. The average molecular weight is 301 g/mol. The lowest BCUT2D eigenvalue weighted by Gasteiger charge is -2.06. The van der Waals surface area contributed by atoms with Gasteiger partial charge in [-0.3, -0.25) is 9.36 Å². The van der Waals surface area contributed by atoms with Crippen LogP contribution in [0.1, 0.15) is 29.6 Å². The molecular weight excluding hydrogens is 283 g/mol. The number of alkyl halides is 3. The molecule has 0 fully saturated rings. The van der Waals surface area contributed by atoms with E-state index in [-0.39, 0.29) is 0 Å². The Balaban J connectivity index is 2.03. The molecule has 2 heterocycles. The Labute approximate surface area is 120 Å². The molecule has 8 heteroatoms. The lowest BCUT2D eigenvalue weighted by molar-refractivity contribution is -0.141. The average Bonchev–Trinajstić information content (AvgIpc) is 2.96. The standard InChI is InChI=1S/C13H18F3N5/c1-4-21-11(5-12(19-21)13(14,15)16)8-17-6-10-7-18-20(3)9(10)2/h5,7,17H,4,6,8H2,1-3H3. The summed E-state index contributed by atoms with van der Waals surface area (Å²) in [7, 11) is 1.85. The van der Waals surface area contributed by atoms with Gasteiger partial charge >= 0.3 is 6.18 Å². The molecular formula is C13H18F3N5. The van der Waals surface area contributed by atoms with Crippen LogP contribution in [0, 0.1) is 6.92 Å². The fourth-order valence-electron chi connectivity index (χ4n) is 2.05. The number of hydrogen-bond donors (Lipinski definition) is 1.